The molecule has 0 saturated carbocycles. The van der Waals surface area contributed by atoms with Crippen molar-refractivity contribution < 1.29 is 0 Å². The van der Waals surface area contributed by atoms with Gasteiger partial charge in [-0.1, -0.05) is 73.2 Å². The van der Waals surface area contributed by atoms with Gasteiger partial charge in [0.05, 0.1) is 0 Å². The Morgan fingerprint density at radius 3 is 2.23 bits per heavy atom. The molecule has 22 heavy (non-hydrogen) atoms. The van der Waals surface area contributed by atoms with E-state index in [1.165, 1.54) is 22.3 Å². The summed E-state index contributed by atoms with van der Waals surface area (Å²) in [6, 6.07) is 23.9. The van der Waals surface area contributed by atoms with Crippen LogP contribution in [0.3, 0.4) is 0 Å². The Morgan fingerprint density at radius 1 is 0.682 bits per heavy atom. The zero-order valence-corrected chi connectivity index (χ0v) is 14.5. The van der Waals surface area contributed by atoms with Crippen molar-refractivity contribution in [1.29, 1.82) is 0 Å². The number of fused-ring (bicyclic) bond motifs is 3. The van der Waals surface area contributed by atoms with Gasteiger partial charge in [-0.3, -0.25) is 0 Å². The molecule has 2 heteroatoms. The maximum Gasteiger partial charge on any atom is 0.113 e. The third-order valence-corrected chi connectivity index (χ3v) is 8.54. The van der Waals surface area contributed by atoms with Crippen molar-refractivity contribution in [2.24, 2.45) is 0 Å². The molecule has 0 nitrogen and oxygen atoms in total. The Bertz CT molecular complexity index is 880. The molecule has 0 aromatic heterocycles. The monoisotopic (exact) mass is 320 g/mol. The topological polar surface area (TPSA) is 0 Å². The lowest BCUT2D eigenvalue weighted by Crippen LogP contribution is -2.49. The van der Waals surface area contributed by atoms with Crippen LogP contribution in [0.5, 0.6) is 0 Å². The molecule has 0 unspecified atom stereocenters. The van der Waals surface area contributed by atoms with Crippen molar-refractivity contribution in [1.82, 2.24) is 0 Å². The van der Waals surface area contributed by atoms with Gasteiger partial charge in [0.25, 0.3) is 0 Å². The molecule has 0 fully saturated rings. The van der Waals surface area contributed by atoms with Gasteiger partial charge in [0.1, 0.15) is 8.07 Å². The van der Waals surface area contributed by atoms with Crippen LogP contribution < -0.4 is 10.4 Å². The number of rotatable bonds is 1. The third-order valence-electron chi connectivity index (χ3n) is 4.74. The summed E-state index contributed by atoms with van der Waals surface area (Å²) < 4.78 is 0. The highest BCUT2D eigenvalue weighted by atomic mass is 35.5. The van der Waals surface area contributed by atoms with E-state index in [-0.39, 0.29) is 0 Å². The second-order valence-electron chi connectivity index (χ2n) is 6.44. The van der Waals surface area contributed by atoms with E-state index in [4.69, 9.17) is 11.6 Å². The molecule has 1 aliphatic heterocycles. The van der Waals surface area contributed by atoms with Gasteiger partial charge in [0.2, 0.25) is 0 Å². The highest BCUT2D eigenvalue weighted by Crippen LogP contribution is 2.32. The lowest BCUT2D eigenvalue weighted by atomic mass is 9.99. The summed E-state index contributed by atoms with van der Waals surface area (Å²) in [6.07, 6.45) is 0. The largest absolute Gasteiger partial charge is 0.113 e. The molecule has 3 aromatic carbocycles. The molecule has 3 aromatic rings. The van der Waals surface area contributed by atoms with Gasteiger partial charge in [-0.2, -0.15) is 0 Å². The van der Waals surface area contributed by atoms with E-state index in [9.17, 15) is 0 Å². The van der Waals surface area contributed by atoms with E-state index >= 15 is 0 Å². The fourth-order valence-corrected chi connectivity index (χ4v) is 6.83. The van der Waals surface area contributed by atoms with Gasteiger partial charge in [-0.15, -0.1) is 0 Å². The summed E-state index contributed by atoms with van der Waals surface area (Å²) in [5.41, 5.74) is 5.24. The summed E-state index contributed by atoms with van der Waals surface area (Å²) in [6.45, 7) is 4.88. The van der Waals surface area contributed by atoms with Crippen molar-refractivity contribution in [3.63, 3.8) is 0 Å². The third kappa shape index (κ3) is 1.97. The van der Waals surface area contributed by atoms with E-state index < -0.39 is 8.07 Å². The summed E-state index contributed by atoms with van der Waals surface area (Å²) in [5, 5.41) is 3.88. The molecule has 0 spiro atoms. The van der Waals surface area contributed by atoms with Gasteiger partial charge >= 0.3 is 0 Å². The highest BCUT2D eigenvalue weighted by Gasteiger charge is 2.36. The average Bonchev–Trinajstić information content (AvgIpc) is 2.76. The van der Waals surface area contributed by atoms with Crippen LogP contribution in [0, 0.1) is 0 Å². The normalized spacial score (nSPS) is 14.5. The van der Waals surface area contributed by atoms with E-state index in [2.05, 4.69) is 61.6 Å². The lowest BCUT2D eigenvalue weighted by molar-refractivity contribution is 1.63. The molecule has 108 valence electrons. The van der Waals surface area contributed by atoms with E-state index in [0.29, 0.717) is 0 Å². The molecular formula is C20H17ClSi. The first-order valence-electron chi connectivity index (χ1n) is 7.58. The Hall–Kier alpha value is -1.83. The molecule has 0 aliphatic carbocycles. The Labute approximate surface area is 137 Å². The first-order chi connectivity index (χ1) is 10.6. The number of benzene rings is 3. The summed E-state index contributed by atoms with van der Waals surface area (Å²) >= 11 is 6.15. The SMILES string of the molecule is C[Si]1(C)c2ccccc2-c2cc(-c3cccc(Cl)c3)ccc21. The molecule has 0 saturated heterocycles. The highest BCUT2D eigenvalue weighted by molar-refractivity contribution is 7.03. The maximum atomic E-state index is 6.15. The maximum absolute atomic E-state index is 6.15. The average molecular weight is 321 g/mol. The Morgan fingerprint density at radius 2 is 1.41 bits per heavy atom. The molecular weight excluding hydrogens is 304 g/mol. The molecule has 0 atom stereocenters. The fourth-order valence-electron chi connectivity index (χ4n) is 3.57. The van der Waals surface area contributed by atoms with Crippen LogP contribution in [0.4, 0.5) is 0 Å². The molecule has 0 radical (unpaired) electrons. The minimum absolute atomic E-state index is 0.785. The number of hydrogen-bond donors (Lipinski definition) is 0. The van der Waals surface area contributed by atoms with Crippen molar-refractivity contribution in [2.75, 3.05) is 0 Å². The zero-order valence-electron chi connectivity index (χ0n) is 12.7. The Kier molecular flexibility index (Phi) is 3.03. The van der Waals surface area contributed by atoms with Gasteiger partial charge in [-0.25, -0.2) is 0 Å². The van der Waals surface area contributed by atoms with Crippen LogP contribution in [-0.2, 0) is 0 Å². The second kappa shape index (κ2) is 4.84. The summed E-state index contributed by atoms with van der Waals surface area (Å²) in [5.74, 6) is 0. The first-order valence-corrected chi connectivity index (χ1v) is 11.0. The van der Waals surface area contributed by atoms with Crippen molar-refractivity contribution >= 4 is 30.0 Å². The van der Waals surface area contributed by atoms with Crippen LogP contribution in [0.1, 0.15) is 0 Å². The van der Waals surface area contributed by atoms with Crippen molar-refractivity contribution in [2.45, 2.75) is 13.1 Å². The lowest BCUT2D eigenvalue weighted by Gasteiger charge is -2.18. The molecule has 4 rings (SSSR count). The fraction of sp³-hybridized carbons (Fsp3) is 0.100. The minimum atomic E-state index is -1.54. The standard InChI is InChI=1S/C20H17ClSi/c1-22(2)19-9-4-3-8-17(19)18-13-15(10-11-20(18)22)14-6-5-7-16(21)12-14/h3-13H,1-2H3. The van der Waals surface area contributed by atoms with E-state index in [0.717, 1.165) is 5.02 Å². The van der Waals surface area contributed by atoms with Crippen LogP contribution in [0.2, 0.25) is 18.1 Å². The predicted octanol–water partition coefficient (Wildman–Crippen LogP) is 4.81. The molecule has 0 bridgehead atoms. The van der Waals surface area contributed by atoms with Crippen LogP contribution in [0.15, 0.2) is 66.7 Å². The second-order valence-corrected chi connectivity index (χ2v) is 11.2. The summed E-state index contributed by atoms with van der Waals surface area (Å²) in [4.78, 5) is 0. The molecule has 0 amide bonds. The van der Waals surface area contributed by atoms with Crippen molar-refractivity contribution in [3.05, 3.63) is 71.8 Å². The van der Waals surface area contributed by atoms with Gasteiger partial charge in [-0.05, 0) is 50.8 Å². The molecule has 1 heterocycles. The van der Waals surface area contributed by atoms with Crippen LogP contribution in [-0.4, -0.2) is 8.07 Å². The molecule has 1 aliphatic rings. The predicted molar refractivity (Wildman–Crippen MR) is 99.1 cm³/mol. The van der Waals surface area contributed by atoms with Crippen LogP contribution in [0.25, 0.3) is 22.3 Å². The van der Waals surface area contributed by atoms with Gasteiger partial charge in [0, 0.05) is 5.02 Å². The number of hydrogen-bond acceptors (Lipinski definition) is 0. The summed E-state index contributed by atoms with van der Waals surface area (Å²) in [7, 11) is -1.54. The Balaban J connectivity index is 1.94. The van der Waals surface area contributed by atoms with Gasteiger partial charge in [0.15, 0.2) is 0 Å². The minimum Gasteiger partial charge on any atom is -0.0843 e. The smallest absolute Gasteiger partial charge is 0.0843 e. The molecule has 0 N–H and O–H groups in total. The van der Waals surface area contributed by atoms with E-state index in [1.54, 1.807) is 10.4 Å². The zero-order chi connectivity index (χ0) is 15.3. The van der Waals surface area contributed by atoms with Gasteiger partial charge < -0.3 is 0 Å². The van der Waals surface area contributed by atoms with Crippen molar-refractivity contribution in [3.8, 4) is 22.3 Å². The van der Waals surface area contributed by atoms with Crippen LogP contribution >= 0.6 is 11.6 Å². The first kappa shape index (κ1) is 13.8. The quantitative estimate of drug-likeness (QED) is 0.564. The number of halogens is 1. The van der Waals surface area contributed by atoms with E-state index in [1.807, 2.05) is 18.2 Å².